The van der Waals surface area contributed by atoms with Crippen molar-refractivity contribution in [3.8, 4) is 0 Å². The summed E-state index contributed by atoms with van der Waals surface area (Å²) in [6.07, 6.45) is 2.83. The molecule has 1 saturated heterocycles. The third kappa shape index (κ3) is 2.94. The Bertz CT molecular complexity index is 357. The van der Waals surface area contributed by atoms with Crippen molar-refractivity contribution < 1.29 is 13.5 Å². The third-order valence-corrected chi connectivity index (χ3v) is 5.34. The van der Waals surface area contributed by atoms with Crippen molar-refractivity contribution in [2.24, 2.45) is 5.73 Å². The van der Waals surface area contributed by atoms with Crippen LogP contribution in [0.2, 0.25) is 0 Å². The van der Waals surface area contributed by atoms with Gasteiger partial charge in [-0.1, -0.05) is 0 Å². The lowest BCUT2D eigenvalue weighted by Gasteiger charge is -2.24. The fourth-order valence-corrected chi connectivity index (χ4v) is 4.30. The van der Waals surface area contributed by atoms with Crippen LogP contribution in [0.3, 0.4) is 0 Å². The van der Waals surface area contributed by atoms with Crippen molar-refractivity contribution in [3.63, 3.8) is 0 Å². The normalized spacial score (nSPS) is 42.6. The molecule has 6 heteroatoms. The van der Waals surface area contributed by atoms with E-state index in [1.54, 1.807) is 0 Å². The van der Waals surface area contributed by atoms with Gasteiger partial charge in [0.1, 0.15) is 0 Å². The molecule has 0 spiro atoms. The molecule has 0 radical (unpaired) electrons. The number of aliphatic hydroxyl groups is 1. The molecule has 16 heavy (non-hydrogen) atoms. The summed E-state index contributed by atoms with van der Waals surface area (Å²) in [5.41, 5.74) is 5.02. The molecule has 1 saturated carbocycles. The van der Waals surface area contributed by atoms with Gasteiger partial charge < -0.3 is 16.2 Å². The Kier molecular flexibility index (Phi) is 3.27. The second-order valence-corrected chi connectivity index (χ2v) is 7.44. The van der Waals surface area contributed by atoms with Crippen LogP contribution in [-0.4, -0.2) is 49.3 Å². The van der Waals surface area contributed by atoms with Gasteiger partial charge in [0.25, 0.3) is 0 Å². The Morgan fingerprint density at radius 2 is 2.19 bits per heavy atom. The molecule has 2 rings (SSSR count). The van der Waals surface area contributed by atoms with Gasteiger partial charge in [-0.2, -0.15) is 0 Å². The predicted octanol–water partition coefficient (Wildman–Crippen LogP) is -0.995. The molecule has 1 heterocycles. The fourth-order valence-electron chi connectivity index (χ4n) is 2.60. The largest absolute Gasteiger partial charge is 0.389 e. The zero-order valence-corrected chi connectivity index (χ0v) is 10.2. The molecular weight excluding hydrogens is 228 g/mol. The van der Waals surface area contributed by atoms with Gasteiger partial charge in [0, 0.05) is 18.6 Å². The first-order chi connectivity index (χ1) is 7.39. The quantitative estimate of drug-likeness (QED) is 0.596. The van der Waals surface area contributed by atoms with Gasteiger partial charge in [-0.15, -0.1) is 0 Å². The van der Waals surface area contributed by atoms with Crippen molar-refractivity contribution in [2.75, 3.05) is 18.1 Å². The Morgan fingerprint density at radius 1 is 1.44 bits per heavy atom. The molecule has 2 fully saturated rings. The molecule has 5 nitrogen and oxygen atoms in total. The van der Waals surface area contributed by atoms with E-state index in [9.17, 15) is 13.5 Å². The molecular formula is C10H20N2O3S. The highest BCUT2D eigenvalue weighted by Gasteiger charge is 2.37. The number of sulfone groups is 1. The topological polar surface area (TPSA) is 92.4 Å². The van der Waals surface area contributed by atoms with E-state index in [1.807, 2.05) is 0 Å². The summed E-state index contributed by atoms with van der Waals surface area (Å²) in [5, 5.41) is 13.3. The smallest absolute Gasteiger partial charge is 0.151 e. The zero-order valence-electron chi connectivity index (χ0n) is 9.35. The average molecular weight is 248 g/mol. The summed E-state index contributed by atoms with van der Waals surface area (Å²) >= 11 is 0. The van der Waals surface area contributed by atoms with Gasteiger partial charge in [0.05, 0.1) is 17.1 Å². The second-order valence-electron chi connectivity index (χ2n) is 5.21. The summed E-state index contributed by atoms with van der Waals surface area (Å²) in [7, 11) is -2.84. The fraction of sp³-hybridized carbons (Fsp3) is 1.00. The molecule has 3 unspecified atom stereocenters. The maximum Gasteiger partial charge on any atom is 0.151 e. The number of hydrogen-bond acceptors (Lipinski definition) is 5. The van der Waals surface area contributed by atoms with E-state index in [0.29, 0.717) is 25.8 Å². The van der Waals surface area contributed by atoms with E-state index in [4.69, 9.17) is 5.73 Å². The van der Waals surface area contributed by atoms with Crippen LogP contribution in [0.5, 0.6) is 0 Å². The molecule has 0 aromatic carbocycles. The minimum Gasteiger partial charge on any atom is -0.389 e. The van der Waals surface area contributed by atoms with Crippen molar-refractivity contribution in [3.05, 3.63) is 0 Å². The van der Waals surface area contributed by atoms with Crippen molar-refractivity contribution >= 4 is 9.84 Å². The number of rotatable bonds is 3. The van der Waals surface area contributed by atoms with Gasteiger partial charge in [-0.3, -0.25) is 0 Å². The molecule has 0 amide bonds. The Balaban J connectivity index is 1.80. The summed E-state index contributed by atoms with van der Waals surface area (Å²) < 4.78 is 22.5. The summed E-state index contributed by atoms with van der Waals surface area (Å²) in [6, 6.07) is 0.0879. The molecule has 0 aromatic rings. The first-order valence-electron chi connectivity index (χ1n) is 5.80. The molecule has 2 aliphatic rings. The maximum absolute atomic E-state index is 11.2. The van der Waals surface area contributed by atoms with Crippen molar-refractivity contribution in [1.29, 1.82) is 0 Å². The average Bonchev–Trinajstić information content (AvgIpc) is 2.68. The highest BCUT2D eigenvalue weighted by atomic mass is 32.2. The lowest BCUT2D eigenvalue weighted by Crippen LogP contribution is -2.44. The third-order valence-electron chi connectivity index (χ3n) is 3.57. The number of nitrogens with two attached hydrogens (primary N) is 1. The number of nitrogens with one attached hydrogen (secondary N) is 1. The van der Waals surface area contributed by atoms with Crippen molar-refractivity contribution in [2.45, 2.75) is 43.4 Å². The van der Waals surface area contributed by atoms with E-state index in [-0.39, 0.29) is 23.6 Å². The lowest BCUT2D eigenvalue weighted by molar-refractivity contribution is 0.0443. The first-order valence-corrected chi connectivity index (χ1v) is 7.62. The standard InChI is InChI=1S/C10H20N2O3S/c11-8-1-3-10(13,5-8)7-12-9-2-4-16(14,15)6-9/h8-9,12-13H,1-7,11H2. The van der Waals surface area contributed by atoms with Crippen molar-refractivity contribution in [1.82, 2.24) is 5.32 Å². The SMILES string of the molecule is NC1CCC(O)(CNC2CCS(=O)(=O)C2)C1. The van der Waals surface area contributed by atoms with E-state index in [0.717, 1.165) is 6.42 Å². The van der Waals surface area contributed by atoms with E-state index < -0.39 is 15.4 Å². The molecule has 4 N–H and O–H groups in total. The first kappa shape index (κ1) is 12.3. The van der Waals surface area contributed by atoms with Crippen LogP contribution in [-0.2, 0) is 9.84 Å². The van der Waals surface area contributed by atoms with Crippen LogP contribution in [0.25, 0.3) is 0 Å². The van der Waals surface area contributed by atoms with Gasteiger partial charge in [0.15, 0.2) is 9.84 Å². The molecule has 0 aromatic heterocycles. The van der Waals surface area contributed by atoms with Crippen LogP contribution in [0.15, 0.2) is 0 Å². The van der Waals surface area contributed by atoms with Crippen LogP contribution in [0.4, 0.5) is 0 Å². The minimum atomic E-state index is -2.84. The van der Waals surface area contributed by atoms with Gasteiger partial charge >= 0.3 is 0 Å². The van der Waals surface area contributed by atoms with E-state index in [2.05, 4.69) is 5.32 Å². The second kappa shape index (κ2) is 4.25. The molecule has 3 atom stereocenters. The molecule has 1 aliphatic carbocycles. The summed E-state index contributed by atoms with van der Waals surface area (Å²) in [4.78, 5) is 0. The van der Waals surface area contributed by atoms with Crippen LogP contribution >= 0.6 is 0 Å². The van der Waals surface area contributed by atoms with E-state index >= 15 is 0 Å². The molecule has 0 bridgehead atoms. The lowest BCUT2D eigenvalue weighted by atomic mass is 10.0. The van der Waals surface area contributed by atoms with Gasteiger partial charge in [0.2, 0.25) is 0 Å². The van der Waals surface area contributed by atoms with Crippen LogP contribution in [0.1, 0.15) is 25.7 Å². The Labute approximate surface area is 96.3 Å². The predicted molar refractivity (Wildman–Crippen MR) is 61.8 cm³/mol. The van der Waals surface area contributed by atoms with E-state index in [1.165, 1.54) is 0 Å². The van der Waals surface area contributed by atoms with Crippen LogP contribution in [0, 0.1) is 0 Å². The molecule has 94 valence electrons. The minimum absolute atomic E-state index is 0.00542. The Morgan fingerprint density at radius 3 is 2.69 bits per heavy atom. The monoisotopic (exact) mass is 248 g/mol. The summed E-state index contributed by atoms with van der Waals surface area (Å²) in [5.74, 6) is 0.470. The Hall–Kier alpha value is -0.170. The highest BCUT2D eigenvalue weighted by molar-refractivity contribution is 7.91. The molecule has 1 aliphatic heterocycles. The summed E-state index contributed by atoms with van der Waals surface area (Å²) in [6.45, 7) is 0.459. The number of hydrogen-bond donors (Lipinski definition) is 3. The van der Waals surface area contributed by atoms with Gasteiger partial charge in [-0.05, 0) is 25.7 Å². The van der Waals surface area contributed by atoms with Crippen LogP contribution < -0.4 is 11.1 Å². The highest BCUT2D eigenvalue weighted by Crippen LogP contribution is 2.28. The zero-order chi connectivity index (χ0) is 11.8. The van der Waals surface area contributed by atoms with Gasteiger partial charge in [-0.25, -0.2) is 8.42 Å². The maximum atomic E-state index is 11.2.